The summed E-state index contributed by atoms with van der Waals surface area (Å²) in [4.78, 5) is 0. The molecule has 0 aromatic carbocycles. The number of nitrogens with one attached hydrogen (secondary N) is 1. The van der Waals surface area contributed by atoms with Crippen LogP contribution in [0.5, 0.6) is 0 Å². The summed E-state index contributed by atoms with van der Waals surface area (Å²) >= 11 is 10.5. The van der Waals surface area contributed by atoms with Gasteiger partial charge in [-0.25, -0.2) is 0 Å². The van der Waals surface area contributed by atoms with E-state index in [2.05, 4.69) is 5.32 Å². The summed E-state index contributed by atoms with van der Waals surface area (Å²) in [5.74, 6) is 0. The monoisotopic (exact) mass is 285 g/mol. The first kappa shape index (κ1) is 15.1. The minimum atomic E-state index is 0.534. The molecule has 18 heavy (non-hydrogen) atoms. The molecule has 0 saturated heterocycles. The van der Waals surface area contributed by atoms with E-state index in [0.717, 1.165) is 22.5 Å². The molecule has 0 atom stereocenters. The van der Waals surface area contributed by atoms with Crippen molar-refractivity contribution in [1.29, 1.82) is 0 Å². The number of allylic oxidation sites excluding steroid dienone is 2. The van der Waals surface area contributed by atoms with Crippen molar-refractivity contribution in [2.24, 2.45) is 0 Å². The molecule has 5 heteroatoms. The van der Waals surface area contributed by atoms with Gasteiger partial charge in [-0.2, -0.15) is 0 Å². The number of ether oxygens (including phenoxy) is 2. The van der Waals surface area contributed by atoms with Crippen molar-refractivity contribution in [2.45, 2.75) is 34.1 Å². The predicted molar refractivity (Wildman–Crippen MR) is 81.6 cm³/mol. The van der Waals surface area contributed by atoms with Gasteiger partial charge < -0.3 is 14.8 Å². The predicted octanol–water partition coefficient (Wildman–Crippen LogP) is 3.26. The third kappa shape index (κ3) is 3.53. The summed E-state index contributed by atoms with van der Waals surface area (Å²) < 4.78 is 10.8. The number of dihydropyridines is 1. The second kappa shape index (κ2) is 6.85. The normalized spacial score (nSPS) is 15.3. The molecular weight excluding hydrogens is 266 g/mol. The quantitative estimate of drug-likeness (QED) is 0.801. The van der Waals surface area contributed by atoms with E-state index in [9.17, 15) is 0 Å². The van der Waals surface area contributed by atoms with Gasteiger partial charge in [-0.3, -0.25) is 0 Å². The topological polar surface area (TPSA) is 30.5 Å². The lowest BCUT2D eigenvalue weighted by Crippen LogP contribution is -2.25. The second-order valence-corrected chi connectivity index (χ2v) is 4.69. The molecular formula is C13H19NO2S2. The Morgan fingerprint density at radius 1 is 1.00 bits per heavy atom. The summed E-state index contributed by atoms with van der Waals surface area (Å²) in [6, 6.07) is 0. The van der Waals surface area contributed by atoms with Crippen molar-refractivity contribution in [3.05, 3.63) is 22.5 Å². The van der Waals surface area contributed by atoms with Crippen LogP contribution in [-0.2, 0) is 9.47 Å². The van der Waals surface area contributed by atoms with Crippen molar-refractivity contribution in [3.8, 4) is 0 Å². The van der Waals surface area contributed by atoms with Gasteiger partial charge in [-0.05, 0) is 52.1 Å². The highest BCUT2D eigenvalue weighted by atomic mass is 32.1. The van der Waals surface area contributed by atoms with E-state index >= 15 is 0 Å². The average molecular weight is 285 g/mol. The maximum Gasteiger partial charge on any atom is 0.189 e. The Morgan fingerprint density at radius 3 is 1.72 bits per heavy atom. The molecule has 0 radical (unpaired) electrons. The van der Waals surface area contributed by atoms with Gasteiger partial charge in [0.1, 0.15) is 0 Å². The molecule has 0 saturated carbocycles. The molecule has 1 aliphatic heterocycles. The van der Waals surface area contributed by atoms with E-state index < -0.39 is 0 Å². The molecule has 0 aliphatic carbocycles. The lowest BCUT2D eigenvalue weighted by atomic mass is 9.99. The van der Waals surface area contributed by atoms with E-state index in [1.54, 1.807) is 0 Å². The van der Waals surface area contributed by atoms with Gasteiger partial charge in [0.05, 0.1) is 13.2 Å². The molecule has 0 amide bonds. The highest BCUT2D eigenvalue weighted by molar-refractivity contribution is 7.80. The van der Waals surface area contributed by atoms with Crippen molar-refractivity contribution in [3.63, 3.8) is 0 Å². The fraction of sp³-hybridized carbons (Fsp3) is 0.538. The summed E-state index contributed by atoms with van der Waals surface area (Å²) in [6.45, 7) is 8.97. The SMILES string of the molecule is CCOC(=S)C1=C(C)NC(C)=C(C(=S)OCC)C1. The molecule has 3 nitrogen and oxygen atoms in total. The fourth-order valence-electron chi connectivity index (χ4n) is 1.76. The van der Waals surface area contributed by atoms with Crippen LogP contribution in [-0.4, -0.2) is 23.3 Å². The van der Waals surface area contributed by atoms with Crippen molar-refractivity contribution >= 4 is 34.5 Å². The van der Waals surface area contributed by atoms with E-state index in [-0.39, 0.29) is 0 Å². The zero-order chi connectivity index (χ0) is 13.7. The fourth-order valence-corrected chi connectivity index (χ4v) is 2.45. The largest absolute Gasteiger partial charge is 0.483 e. The molecule has 0 bridgehead atoms. The third-order valence-electron chi connectivity index (χ3n) is 2.68. The third-order valence-corrected chi connectivity index (χ3v) is 3.41. The van der Waals surface area contributed by atoms with Crippen LogP contribution in [0.25, 0.3) is 0 Å². The van der Waals surface area contributed by atoms with Crippen LogP contribution in [0.4, 0.5) is 0 Å². The molecule has 1 aliphatic rings. The first-order valence-electron chi connectivity index (χ1n) is 6.02. The van der Waals surface area contributed by atoms with Crippen LogP contribution in [0.1, 0.15) is 34.1 Å². The Bertz CT molecular complexity index is 387. The van der Waals surface area contributed by atoms with Crippen LogP contribution >= 0.6 is 24.4 Å². The molecule has 0 fully saturated rings. The first-order chi connectivity index (χ1) is 8.51. The zero-order valence-corrected chi connectivity index (χ0v) is 12.9. The van der Waals surface area contributed by atoms with Gasteiger partial charge in [0, 0.05) is 29.0 Å². The zero-order valence-electron chi connectivity index (χ0n) is 11.3. The Hall–Kier alpha value is -0.940. The molecule has 0 spiro atoms. The maximum absolute atomic E-state index is 5.40. The van der Waals surface area contributed by atoms with Crippen LogP contribution in [0, 0.1) is 0 Å². The summed E-state index contributed by atoms with van der Waals surface area (Å²) in [5, 5.41) is 4.35. The summed E-state index contributed by atoms with van der Waals surface area (Å²) in [7, 11) is 0. The standard InChI is InChI=1S/C13H19NO2S2/c1-5-15-12(17)10-7-11(13(18)16-6-2)9(4)14-8(10)3/h14H,5-7H2,1-4H3. The number of hydrogen-bond donors (Lipinski definition) is 1. The van der Waals surface area contributed by atoms with Crippen LogP contribution in [0.2, 0.25) is 0 Å². The molecule has 1 heterocycles. The van der Waals surface area contributed by atoms with Crippen LogP contribution in [0.15, 0.2) is 22.5 Å². The molecule has 0 aromatic heterocycles. The minimum absolute atomic E-state index is 0.534. The molecule has 0 aromatic rings. The Morgan fingerprint density at radius 2 is 1.39 bits per heavy atom. The van der Waals surface area contributed by atoms with Gasteiger partial charge in [-0.15, -0.1) is 0 Å². The highest BCUT2D eigenvalue weighted by Gasteiger charge is 2.22. The average Bonchev–Trinajstić information content (AvgIpc) is 2.29. The van der Waals surface area contributed by atoms with Crippen molar-refractivity contribution in [1.82, 2.24) is 5.32 Å². The Balaban J connectivity index is 2.89. The molecule has 0 unspecified atom stereocenters. The van der Waals surface area contributed by atoms with Gasteiger partial charge in [0.25, 0.3) is 0 Å². The van der Waals surface area contributed by atoms with Crippen molar-refractivity contribution < 1.29 is 9.47 Å². The lowest BCUT2D eigenvalue weighted by molar-refractivity contribution is 0.332. The Kier molecular flexibility index (Phi) is 5.75. The summed E-state index contributed by atoms with van der Waals surface area (Å²) in [6.07, 6.45) is 0.669. The molecule has 100 valence electrons. The number of thiocarbonyl (C=S) groups is 2. The lowest BCUT2D eigenvalue weighted by Gasteiger charge is -2.24. The maximum atomic E-state index is 5.40. The van der Waals surface area contributed by atoms with Gasteiger partial charge >= 0.3 is 0 Å². The molecule has 1 N–H and O–H groups in total. The number of hydrogen-bond acceptors (Lipinski definition) is 5. The smallest absolute Gasteiger partial charge is 0.189 e. The van der Waals surface area contributed by atoms with E-state index in [4.69, 9.17) is 33.9 Å². The highest BCUT2D eigenvalue weighted by Crippen LogP contribution is 2.25. The van der Waals surface area contributed by atoms with E-state index in [1.807, 2.05) is 27.7 Å². The van der Waals surface area contributed by atoms with Gasteiger partial charge in [0.15, 0.2) is 10.1 Å². The first-order valence-corrected chi connectivity index (χ1v) is 6.83. The molecule has 1 rings (SSSR count). The van der Waals surface area contributed by atoms with Crippen LogP contribution in [0.3, 0.4) is 0 Å². The number of rotatable bonds is 4. The second-order valence-electron chi connectivity index (χ2n) is 3.95. The Labute approximate surface area is 119 Å². The van der Waals surface area contributed by atoms with Gasteiger partial charge in [0.2, 0.25) is 0 Å². The van der Waals surface area contributed by atoms with Gasteiger partial charge in [-0.1, -0.05) is 0 Å². The minimum Gasteiger partial charge on any atom is -0.483 e. The summed E-state index contributed by atoms with van der Waals surface area (Å²) in [5.41, 5.74) is 4.01. The van der Waals surface area contributed by atoms with Crippen molar-refractivity contribution in [2.75, 3.05) is 13.2 Å². The van der Waals surface area contributed by atoms with E-state index in [1.165, 1.54) is 0 Å². The van der Waals surface area contributed by atoms with E-state index in [0.29, 0.717) is 29.7 Å². The van der Waals surface area contributed by atoms with Crippen LogP contribution < -0.4 is 5.32 Å².